The highest BCUT2D eigenvalue weighted by Gasteiger charge is 2.19. The van der Waals surface area contributed by atoms with Gasteiger partial charge in [0.2, 0.25) is 0 Å². The first-order valence-corrected chi connectivity index (χ1v) is 10.7. The van der Waals surface area contributed by atoms with Crippen molar-refractivity contribution in [3.8, 4) is 5.69 Å². The van der Waals surface area contributed by atoms with Gasteiger partial charge in [-0.2, -0.15) is 0 Å². The first-order chi connectivity index (χ1) is 15.0. The molecule has 0 atom stereocenters. The number of amides is 1. The number of aryl methyl sites for hydroxylation is 1. The van der Waals surface area contributed by atoms with Gasteiger partial charge >= 0.3 is 0 Å². The fourth-order valence-electron chi connectivity index (χ4n) is 4.03. The van der Waals surface area contributed by atoms with E-state index in [0.29, 0.717) is 48.1 Å². The zero-order valence-electron chi connectivity index (χ0n) is 17.9. The smallest absolute Gasteiger partial charge is 0.265 e. The number of alkyl halides is 1. The molecule has 2 aromatic carbocycles. The number of carbonyl (C=O) groups is 1. The average Bonchev–Trinajstić information content (AvgIpc) is 2.77. The molecular formula is C24H27FN4O2. The van der Waals surface area contributed by atoms with Gasteiger partial charge in [-0.05, 0) is 62.1 Å². The van der Waals surface area contributed by atoms with Crippen molar-refractivity contribution in [1.29, 1.82) is 0 Å². The first-order valence-electron chi connectivity index (χ1n) is 10.7. The van der Waals surface area contributed by atoms with Crippen LogP contribution in [0.2, 0.25) is 0 Å². The number of hydrogen-bond donors (Lipinski definition) is 1. The zero-order valence-corrected chi connectivity index (χ0v) is 17.9. The van der Waals surface area contributed by atoms with Crippen LogP contribution in [0.5, 0.6) is 0 Å². The number of hydrogen-bond acceptors (Lipinski definition) is 4. The van der Waals surface area contributed by atoms with E-state index in [1.807, 2.05) is 38.1 Å². The summed E-state index contributed by atoms with van der Waals surface area (Å²) in [6.07, 6.45) is 1.93. The van der Waals surface area contributed by atoms with E-state index in [2.05, 4.69) is 15.2 Å². The number of benzene rings is 2. The van der Waals surface area contributed by atoms with Crippen LogP contribution in [-0.4, -0.2) is 46.2 Å². The molecule has 7 heteroatoms. The summed E-state index contributed by atoms with van der Waals surface area (Å²) < 4.78 is 14.9. The van der Waals surface area contributed by atoms with Gasteiger partial charge in [0, 0.05) is 31.7 Å². The quantitative estimate of drug-likeness (QED) is 0.685. The van der Waals surface area contributed by atoms with Gasteiger partial charge in [0.15, 0.2) is 0 Å². The summed E-state index contributed by atoms with van der Waals surface area (Å²) in [6, 6.07) is 11.0. The lowest BCUT2D eigenvalue weighted by atomic mass is 10.1. The largest absolute Gasteiger partial charge is 0.352 e. The van der Waals surface area contributed by atoms with Crippen molar-refractivity contribution in [2.75, 3.05) is 19.6 Å². The predicted molar refractivity (Wildman–Crippen MR) is 119 cm³/mol. The number of nitrogens with zero attached hydrogens (tertiary/aromatic N) is 3. The van der Waals surface area contributed by atoms with Crippen LogP contribution < -0.4 is 10.9 Å². The fourth-order valence-corrected chi connectivity index (χ4v) is 4.03. The second-order valence-electron chi connectivity index (χ2n) is 8.08. The highest BCUT2D eigenvalue weighted by atomic mass is 19.1. The Kier molecular flexibility index (Phi) is 6.13. The number of likely N-dealkylation sites (tertiary alicyclic amines) is 1. The normalized spacial score (nSPS) is 15.3. The summed E-state index contributed by atoms with van der Waals surface area (Å²) in [5.41, 5.74) is 3.48. The van der Waals surface area contributed by atoms with Crippen molar-refractivity contribution in [2.45, 2.75) is 39.4 Å². The number of piperidine rings is 1. The van der Waals surface area contributed by atoms with E-state index in [9.17, 15) is 14.0 Å². The van der Waals surface area contributed by atoms with Crippen molar-refractivity contribution in [3.63, 3.8) is 0 Å². The van der Waals surface area contributed by atoms with Gasteiger partial charge in [-0.3, -0.25) is 19.1 Å². The van der Waals surface area contributed by atoms with Gasteiger partial charge in [0.25, 0.3) is 11.5 Å². The molecule has 3 aromatic rings. The number of halogens is 1. The molecule has 1 aliphatic rings. The minimum absolute atomic E-state index is 0.175. The predicted octanol–water partition coefficient (Wildman–Crippen LogP) is 3.38. The summed E-state index contributed by atoms with van der Waals surface area (Å²) in [5.74, 6) is -0.176. The zero-order chi connectivity index (χ0) is 22.0. The first kappa shape index (κ1) is 21.2. The molecule has 1 aromatic heterocycles. The van der Waals surface area contributed by atoms with Crippen molar-refractivity contribution in [3.05, 3.63) is 69.8 Å². The second kappa shape index (κ2) is 8.98. The van der Waals surface area contributed by atoms with E-state index < -0.39 is 6.17 Å². The van der Waals surface area contributed by atoms with E-state index in [-0.39, 0.29) is 11.5 Å². The molecule has 0 radical (unpaired) electrons. The molecule has 1 amide bonds. The third kappa shape index (κ3) is 4.51. The molecule has 2 heterocycles. The minimum atomic E-state index is -0.706. The molecule has 0 aliphatic carbocycles. The van der Waals surface area contributed by atoms with Crippen LogP contribution in [0.15, 0.2) is 47.5 Å². The fraction of sp³-hybridized carbons (Fsp3) is 0.375. The Hall–Kier alpha value is -3.06. The van der Waals surface area contributed by atoms with E-state index in [4.69, 9.17) is 0 Å². The van der Waals surface area contributed by atoms with Crippen molar-refractivity contribution in [2.24, 2.45) is 0 Å². The van der Waals surface area contributed by atoms with E-state index in [1.54, 1.807) is 12.1 Å². The molecule has 1 N–H and O–H groups in total. The van der Waals surface area contributed by atoms with Crippen LogP contribution in [0.25, 0.3) is 16.6 Å². The Morgan fingerprint density at radius 1 is 1.19 bits per heavy atom. The molecule has 0 bridgehead atoms. The highest BCUT2D eigenvalue weighted by molar-refractivity contribution is 5.94. The molecule has 31 heavy (non-hydrogen) atoms. The Morgan fingerprint density at radius 2 is 1.97 bits per heavy atom. The van der Waals surface area contributed by atoms with Gasteiger partial charge in [-0.25, -0.2) is 9.37 Å². The lowest BCUT2D eigenvalue weighted by molar-refractivity contribution is 0.0956. The molecule has 6 nitrogen and oxygen atoms in total. The van der Waals surface area contributed by atoms with Crippen LogP contribution in [0.4, 0.5) is 4.39 Å². The lowest BCUT2D eigenvalue weighted by Crippen LogP contribution is -2.33. The van der Waals surface area contributed by atoms with Crippen LogP contribution in [0.1, 0.15) is 41.3 Å². The molecule has 4 rings (SSSR count). The topological polar surface area (TPSA) is 67.2 Å². The maximum atomic E-state index is 13.4. The van der Waals surface area contributed by atoms with Crippen LogP contribution >= 0.6 is 0 Å². The maximum Gasteiger partial charge on any atom is 0.265 e. The number of fused-ring (bicyclic) bond motifs is 1. The van der Waals surface area contributed by atoms with Crippen molar-refractivity contribution < 1.29 is 9.18 Å². The summed E-state index contributed by atoms with van der Waals surface area (Å²) in [7, 11) is 0. The van der Waals surface area contributed by atoms with Crippen molar-refractivity contribution >= 4 is 16.8 Å². The molecule has 0 unspecified atom stereocenters. The van der Waals surface area contributed by atoms with E-state index >= 15 is 0 Å². The van der Waals surface area contributed by atoms with Gasteiger partial charge < -0.3 is 5.32 Å². The Bertz CT molecular complexity index is 1170. The SMILES string of the molecule is CCNC(=O)c1ccc(C)c(-n2cnc3ccc(CN4CCC(F)CC4)cc3c2=O)c1. The molecule has 162 valence electrons. The molecule has 1 saturated heterocycles. The monoisotopic (exact) mass is 422 g/mol. The van der Waals surface area contributed by atoms with Gasteiger partial charge in [0.1, 0.15) is 12.5 Å². The van der Waals surface area contributed by atoms with E-state index in [1.165, 1.54) is 10.9 Å². The van der Waals surface area contributed by atoms with Crippen molar-refractivity contribution in [1.82, 2.24) is 19.8 Å². The standard InChI is InChI=1S/C24H27FN4O2/c1-3-26-23(30)18-6-4-16(2)22(13-18)29-15-27-21-7-5-17(12-20(21)24(29)31)14-28-10-8-19(25)9-11-28/h4-7,12-13,15,19H,3,8-11,14H2,1-2H3,(H,26,30). The number of nitrogens with one attached hydrogen (secondary N) is 1. The Balaban J connectivity index is 1.70. The van der Waals surface area contributed by atoms with Crippen LogP contribution in [-0.2, 0) is 6.54 Å². The number of rotatable bonds is 5. The molecule has 1 aliphatic heterocycles. The van der Waals surface area contributed by atoms with Gasteiger partial charge in [0.05, 0.1) is 16.6 Å². The third-order valence-corrected chi connectivity index (χ3v) is 5.81. The maximum absolute atomic E-state index is 13.4. The number of carbonyl (C=O) groups excluding carboxylic acids is 1. The summed E-state index contributed by atoms with van der Waals surface area (Å²) in [4.78, 5) is 32.3. The Morgan fingerprint density at radius 3 is 2.71 bits per heavy atom. The lowest BCUT2D eigenvalue weighted by Gasteiger charge is -2.28. The number of aromatic nitrogens is 2. The van der Waals surface area contributed by atoms with E-state index in [0.717, 1.165) is 24.2 Å². The minimum Gasteiger partial charge on any atom is -0.352 e. The second-order valence-corrected chi connectivity index (χ2v) is 8.08. The molecular weight excluding hydrogens is 395 g/mol. The summed E-state index contributed by atoms with van der Waals surface area (Å²) >= 11 is 0. The molecule has 1 fully saturated rings. The Labute approximate surface area is 180 Å². The summed E-state index contributed by atoms with van der Waals surface area (Å²) in [5, 5.41) is 3.31. The molecule has 0 saturated carbocycles. The van der Waals surface area contributed by atoms with Gasteiger partial charge in [-0.15, -0.1) is 0 Å². The highest BCUT2D eigenvalue weighted by Crippen LogP contribution is 2.19. The molecule has 0 spiro atoms. The van der Waals surface area contributed by atoms with Gasteiger partial charge in [-0.1, -0.05) is 12.1 Å². The summed E-state index contributed by atoms with van der Waals surface area (Å²) in [6.45, 7) is 6.43. The third-order valence-electron chi connectivity index (χ3n) is 5.81. The van der Waals surface area contributed by atoms with Crippen LogP contribution in [0, 0.1) is 6.92 Å². The van der Waals surface area contributed by atoms with Crippen LogP contribution in [0.3, 0.4) is 0 Å². The average molecular weight is 423 g/mol.